The van der Waals surface area contributed by atoms with Crippen molar-refractivity contribution in [3.63, 3.8) is 0 Å². The van der Waals surface area contributed by atoms with Gasteiger partial charge in [-0.05, 0) is 61.7 Å². The SMILES string of the molecule is Cc1ccc(/C(O)=C2\C(=O)C(=O)N(c3ccc(C)c(C)c3)C2c2ccc(F)cc2)cc1. The van der Waals surface area contributed by atoms with E-state index in [1.165, 1.54) is 29.2 Å². The molecule has 0 aliphatic carbocycles. The average Bonchev–Trinajstić information content (AvgIpc) is 3.01. The van der Waals surface area contributed by atoms with Gasteiger partial charge in [-0.2, -0.15) is 0 Å². The Morgan fingerprint density at radius 1 is 0.871 bits per heavy atom. The van der Waals surface area contributed by atoms with E-state index >= 15 is 0 Å². The highest BCUT2D eigenvalue weighted by Gasteiger charge is 2.47. The van der Waals surface area contributed by atoms with E-state index in [2.05, 4.69) is 0 Å². The minimum Gasteiger partial charge on any atom is -0.507 e. The molecule has 0 aromatic heterocycles. The predicted octanol–water partition coefficient (Wildman–Crippen LogP) is 5.38. The molecular formula is C26H22FNO3. The van der Waals surface area contributed by atoms with Crippen molar-refractivity contribution < 1.29 is 19.1 Å². The third kappa shape index (κ3) is 3.63. The molecule has 0 spiro atoms. The summed E-state index contributed by atoms with van der Waals surface area (Å²) < 4.78 is 13.6. The predicted molar refractivity (Wildman–Crippen MR) is 118 cm³/mol. The summed E-state index contributed by atoms with van der Waals surface area (Å²) in [6.07, 6.45) is 0. The molecule has 1 atom stereocenters. The Bertz CT molecular complexity index is 1210. The number of aliphatic hydroxyl groups excluding tert-OH is 1. The molecule has 1 amide bonds. The van der Waals surface area contributed by atoms with Crippen LogP contribution in [0.25, 0.3) is 5.76 Å². The summed E-state index contributed by atoms with van der Waals surface area (Å²) in [4.78, 5) is 27.6. The lowest BCUT2D eigenvalue weighted by Gasteiger charge is -2.26. The molecule has 156 valence electrons. The van der Waals surface area contributed by atoms with Crippen LogP contribution in [0.3, 0.4) is 0 Å². The molecule has 3 aromatic rings. The summed E-state index contributed by atoms with van der Waals surface area (Å²) in [7, 11) is 0. The Labute approximate surface area is 180 Å². The Balaban J connectivity index is 1.95. The lowest BCUT2D eigenvalue weighted by atomic mass is 9.94. The number of aliphatic hydroxyl groups is 1. The maximum absolute atomic E-state index is 13.6. The lowest BCUT2D eigenvalue weighted by Crippen LogP contribution is -2.29. The van der Waals surface area contributed by atoms with Gasteiger partial charge in [-0.25, -0.2) is 4.39 Å². The third-order valence-corrected chi connectivity index (χ3v) is 5.72. The minimum atomic E-state index is -0.871. The van der Waals surface area contributed by atoms with Crippen LogP contribution in [0, 0.1) is 26.6 Å². The first-order valence-electron chi connectivity index (χ1n) is 9.98. The molecule has 1 heterocycles. The van der Waals surface area contributed by atoms with Crippen LogP contribution in [-0.2, 0) is 9.59 Å². The van der Waals surface area contributed by atoms with E-state index in [1.54, 1.807) is 18.2 Å². The van der Waals surface area contributed by atoms with E-state index in [0.717, 1.165) is 16.7 Å². The fraction of sp³-hybridized carbons (Fsp3) is 0.154. The van der Waals surface area contributed by atoms with Gasteiger partial charge in [0.2, 0.25) is 0 Å². The number of anilines is 1. The number of benzene rings is 3. The van der Waals surface area contributed by atoms with Crippen molar-refractivity contribution in [1.82, 2.24) is 0 Å². The van der Waals surface area contributed by atoms with Crippen LogP contribution in [-0.4, -0.2) is 16.8 Å². The standard InChI is InChI=1S/C26H22FNO3/c1-15-4-7-19(8-5-15)24(29)22-23(18-9-11-20(27)12-10-18)28(26(31)25(22)30)21-13-6-16(2)17(3)14-21/h4-14,23,29H,1-3H3/b24-22+. The summed E-state index contributed by atoms with van der Waals surface area (Å²) in [6.45, 7) is 5.80. The first-order chi connectivity index (χ1) is 14.8. The van der Waals surface area contributed by atoms with Crippen LogP contribution in [0.15, 0.2) is 72.3 Å². The first-order valence-corrected chi connectivity index (χ1v) is 9.98. The quantitative estimate of drug-likeness (QED) is 0.355. The van der Waals surface area contributed by atoms with Gasteiger partial charge in [0.1, 0.15) is 11.6 Å². The van der Waals surface area contributed by atoms with E-state index in [-0.39, 0.29) is 11.3 Å². The minimum absolute atomic E-state index is 0.0151. The van der Waals surface area contributed by atoms with Crippen molar-refractivity contribution in [2.24, 2.45) is 0 Å². The maximum atomic E-state index is 13.6. The van der Waals surface area contributed by atoms with Crippen LogP contribution in [0.1, 0.15) is 33.9 Å². The van der Waals surface area contributed by atoms with Crippen molar-refractivity contribution in [1.29, 1.82) is 0 Å². The summed E-state index contributed by atoms with van der Waals surface area (Å²) in [5.74, 6) is -2.18. The number of hydrogen-bond donors (Lipinski definition) is 1. The Kier molecular flexibility index (Phi) is 5.19. The van der Waals surface area contributed by atoms with Gasteiger partial charge in [-0.3, -0.25) is 14.5 Å². The maximum Gasteiger partial charge on any atom is 0.300 e. The van der Waals surface area contributed by atoms with Gasteiger partial charge < -0.3 is 5.11 Å². The molecule has 1 N–H and O–H groups in total. The molecule has 1 unspecified atom stereocenters. The highest BCUT2D eigenvalue weighted by molar-refractivity contribution is 6.51. The summed E-state index contributed by atoms with van der Waals surface area (Å²) in [5, 5.41) is 11.1. The zero-order valence-corrected chi connectivity index (χ0v) is 17.5. The van der Waals surface area contributed by atoms with E-state index in [9.17, 15) is 19.1 Å². The fourth-order valence-corrected chi connectivity index (χ4v) is 3.80. The van der Waals surface area contributed by atoms with Gasteiger partial charge in [-0.15, -0.1) is 0 Å². The number of nitrogens with zero attached hydrogens (tertiary/aromatic N) is 1. The average molecular weight is 415 g/mol. The number of halogens is 1. The fourth-order valence-electron chi connectivity index (χ4n) is 3.80. The van der Waals surface area contributed by atoms with Gasteiger partial charge >= 0.3 is 0 Å². The number of amides is 1. The molecule has 0 saturated carbocycles. The first kappa shape index (κ1) is 20.5. The van der Waals surface area contributed by atoms with Gasteiger partial charge in [-0.1, -0.05) is 48.0 Å². The van der Waals surface area contributed by atoms with Crippen molar-refractivity contribution in [3.05, 3.63) is 106 Å². The van der Waals surface area contributed by atoms with Crippen LogP contribution in [0.5, 0.6) is 0 Å². The molecule has 0 radical (unpaired) electrons. The Morgan fingerprint density at radius 2 is 1.52 bits per heavy atom. The van der Waals surface area contributed by atoms with E-state index in [0.29, 0.717) is 16.8 Å². The number of carbonyl (C=O) groups is 2. The second-order valence-electron chi connectivity index (χ2n) is 7.86. The van der Waals surface area contributed by atoms with E-state index in [1.807, 2.05) is 45.0 Å². The molecule has 31 heavy (non-hydrogen) atoms. The van der Waals surface area contributed by atoms with E-state index in [4.69, 9.17) is 0 Å². The molecule has 0 bridgehead atoms. The highest BCUT2D eigenvalue weighted by Crippen LogP contribution is 2.42. The normalized spacial score (nSPS) is 17.9. The highest BCUT2D eigenvalue weighted by atomic mass is 19.1. The second-order valence-corrected chi connectivity index (χ2v) is 7.86. The summed E-state index contributed by atoms with van der Waals surface area (Å²) in [5.41, 5.74) is 4.53. The largest absolute Gasteiger partial charge is 0.507 e. The zero-order chi connectivity index (χ0) is 22.3. The molecular weight excluding hydrogens is 393 g/mol. The van der Waals surface area contributed by atoms with E-state index < -0.39 is 23.5 Å². The van der Waals surface area contributed by atoms with Crippen LogP contribution >= 0.6 is 0 Å². The van der Waals surface area contributed by atoms with Crippen LogP contribution in [0.4, 0.5) is 10.1 Å². The number of hydrogen-bond acceptors (Lipinski definition) is 3. The number of rotatable bonds is 3. The molecule has 4 rings (SSSR count). The number of ketones is 1. The zero-order valence-electron chi connectivity index (χ0n) is 17.5. The Morgan fingerprint density at radius 3 is 2.13 bits per heavy atom. The molecule has 4 nitrogen and oxygen atoms in total. The van der Waals surface area contributed by atoms with Crippen molar-refractivity contribution in [2.45, 2.75) is 26.8 Å². The molecule has 1 aliphatic rings. The van der Waals surface area contributed by atoms with Gasteiger partial charge in [0, 0.05) is 11.3 Å². The second kappa shape index (κ2) is 7.84. The van der Waals surface area contributed by atoms with Crippen LogP contribution < -0.4 is 4.90 Å². The molecule has 1 aliphatic heterocycles. The third-order valence-electron chi connectivity index (χ3n) is 5.72. The number of aryl methyl sites for hydroxylation is 3. The summed E-state index contributed by atoms with van der Waals surface area (Å²) >= 11 is 0. The van der Waals surface area contributed by atoms with Crippen molar-refractivity contribution >= 4 is 23.1 Å². The van der Waals surface area contributed by atoms with Gasteiger partial charge in [0.05, 0.1) is 11.6 Å². The monoisotopic (exact) mass is 415 g/mol. The van der Waals surface area contributed by atoms with Crippen molar-refractivity contribution in [3.8, 4) is 0 Å². The molecule has 3 aromatic carbocycles. The number of Topliss-reactive ketones (excluding diaryl/α,β-unsaturated/α-hetero) is 1. The molecule has 1 fully saturated rings. The Hall–Kier alpha value is -3.73. The molecule has 1 saturated heterocycles. The van der Waals surface area contributed by atoms with Gasteiger partial charge in [0.15, 0.2) is 0 Å². The number of carbonyl (C=O) groups excluding carboxylic acids is 2. The van der Waals surface area contributed by atoms with Crippen molar-refractivity contribution in [2.75, 3.05) is 4.90 Å². The topological polar surface area (TPSA) is 57.6 Å². The lowest BCUT2D eigenvalue weighted by molar-refractivity contribution is -0.132. The van der Waals surface area contributed by atoms with Gasteiger partial charge in [0.25, 0.3) is 11.7 Å². The molecule has 5 heteroatoms. The summed E-state index contributed by atoms with van der Waals surface area (Å²) in [6, 6.07) is 17.3. The van der Waals surface area contributed by atoms with Crippen LogP contribution in [0.2, 0.25) is 0 Å². The smallest absolute Gasteiger partial charge is 0.300 e.